The van der Waals surface area contributed by atoms with Crippen molar-refractivity contribution in [2.24, 2.45) is 0 Å². The number of halogens is 3. The summed E-state index contributed by atoms with van der Waals surface area (Å²) in [6.45, 7) is -1.28. The molecule has 36 heavy (non-hydrogen) atoms. The fourth-order valence-corrected chi connectivity index (χ4v) is 4.79. The largest absolute Gasteiger partial charge is 0.484 e. The molecular formula is C24H24ClF2N3O6. The van der Waals surface area contributed by atoms with E-state index in [-0.39, 0.29) is 29.9 Å². The number of hydrogen-bond acceptors (Lipinski definition) is 6. The van der Waals surface area contributed by atoms with Crippen molar-refractivity contribution in [3.63, 3.8) is 0 Å². The lowest BCUT2D eigenvalue weighted by molar-refractivity contribution is -0.142. The second kappa shape index (κ2) is 10.3. The standard InChI is InChI=1S/C24H24ClF2N3O6/c25-17-6-5-16(7-18(17)27)35-10-21(33)29-23-11-24(12-23,13-23)30-22(34)36-9-19(28-20(32)8-31)14-1-3-15(26)4-2-14/h1-7,19,31H,8-13H2,(H,28,32)(H,29,33)(H,30,34). The molecule has 0 saturated heterocycles. The van der Waals surface area contributed by atoms with Crippen LogP contribution < -0.4 is 20.7 Å². The van der Waals surface area contributed by atoms with E-state index in [1.807, 2.05) is 0 Å². The summed E-state index contributed by atoms with van der Waals surface area (Å²) in [5.74, 6) is -1.97. The van der Waals surface area contributed by atoms with E-state index in [4.69, 9.17) is 26.2 Å². The predicted octanol–water partition coefficient (Wildman–Crippen LogP) is 2.36. The first-order valence-electron chi connectivity index (χ1n) is 11.1. The van der Waals surface area contributed by atoms with Crippen LogP contribution in [0.5, 0.6) is 5.75 Å². The van der Waals surface area contributed by atoms with Crippen molar-refractivity contribution in [1.29, 1.82) is 0 Å². The van der Waals surface area contributed by atoms with E-state index >= 15 is 0 Å². The summed E-state index contributed by atoms with van der Waals surface area (Å²) in [6, 6.07) is 8.42. The summed E-state index contributed by atoms with van der Waals surface area (Å²) in [6.07, 6.45) is 0.838. The van der Waals surface area contributed by atoms with Gasteiger partial charge in [-0.2, -0.15) is 0 Å². The van der Waals surface area contributed by atoms with Crippen LogP contribution in [0.2, 0.25) is 5.02 Å². The van der Waals surface area contributed by atoms with Crippen LogP contribution in [0.15, 0.2) is 42.5 Å². The van der Waals surface area contributed by atoms with E-state index in [1.165, 1.54) is 36.4 Å². The van der Waals surface area contributed by atoms with Gasteiger partial charge in [-0.25, -0.2) is 13.6 Å². The van der Waals surface area contributed by atoms with Crippen LogP contribution in [0, 0.1) is 11.6 Å². The number of hydrogen-bond donors (Lipinski definition) is 4. The third kappa shape index (κ3) is 5.85. The van der Waals surface area contributed by atoms with E-state index in [0.717, 1.165) is 6.07 Å². The summed E-state index contributed by atoms with van der Waals surface area (Å²) in [5.41, 5.74) is -0.434. The zero-order valence-corrected chi connectivity index (χ0v) is 19.7. The first-order chi connectivity index (χ1) is 17.1. The fraction of sp³-hybridized carbons (Fsp3) is 0.375. The van der Waals surface area contributed by atoms with Gasteiger partial charge in [0.25, 0.3) is 5.91 Å². The molecule has 0 radical (unpaired) electrons. The number of aliphatic hydroxyl groups is 1. The zero-order valence-electron chi connectivity index (χ0n) is 19.0. The van der Waals surface area contributed by atoms with Crippen LogP contribution >= 0.6 is 11.6 Å². The normalized spacial score (nSPS) is 22.3. The first kappa shape index (κ1) is 25.6. The number of ether oxygens (including phenoxy) is 2. The van der Waals surface area contributed by atoms with Crippen molar-refractivity contribution in [3.05, 3.63) is 64.7 Å². The molecule has 2 bridgehead atoms. The third-order valence-corrected chi connectivity index (χ3v) is 6.50. The predicted molar refractivity (Wildman–Crippen MR) is 123 cm³/mol. The van der Waals surface area contributed by atoms with Gasteiger partial charge in [-0.3, -0.25) is 9.59 Å². The molecule has 4 N–H and O–H groups in total. The highest BCUT2D eigenvalue weighted by Crippen LogP contribution is 2.60. The Morgan fingerprint density at radius 3 is 2.31 bits per heavy atom. The third-order valence-electron chi connectivity index (χ3n) is 6.20. The zero-order chi connectivity index (χ0) is 25.9. The molecule has 12 heteroatoms. The summed E-state index contributed by atoms with van der Waals surface area (Å²) < 4.78 is 37.2. The highest BCUT2D eigenvalue weighted by atomic mass is 35.5. The fourth-order valence-electron chi connectivity index (χ4n) is 4.67. The molecule has 9 nitrogen and oxygen atoms in total. The van der Waals surface area contributed by atoms with Gasteiger partial charge in [0.15, 0.2) is 6.61 Å². The Kier molecular flexibility index (Phi) is 7.32. The van der Waals surface area contributed by atoms with Crippen LogP contribution in [0.3, 0.4) is 0 Å². The molecule has 0 aliphatic heterocycles. The molecule has 5 rings (SSSR count). The quantitative estimate of drug-likeness (QED) is 0.379. The average molecular weight is 524 g/mol. The highest BCUT2D eigenvalue weighted by molar-refractivity contribution is 6.30. The SMILES string of the molecule is O=C(CO)NC(COC(=O)NC12CC(NC(=O)COc3ccc(Cl)c(F)c3)(C1)C2)c1ccc(F)cc1. The van der Waals surface area contributed by atoms with Gasteiger partial charge in [0.05, 0.1) is 16.6 Å². The Bertz CT molecular complexity index is 1140. The molecule has 1 atom stereocenters. The van der Waals surface area contributed by atoms with Crippen LogP contribution in [0.4, 0.5) is 13.6 Å². The lowest BCUT2D eigenvalue weighted by Gasteiger charge is -2.70. The maximum atomic E-state index is 13.5. The van der Waals surface area contributed by atoms with Crippen molar-refractivity contribution < 1.29 is 37.7 Å². The monoisotopic (exact) mass is 523 g/mol. The number of carbonyl (C=O) groups excluding carboxylic acids is 3. The highest BCUT2D eigenvalue weighted by Gasteiger charge is 2.69. The average Bonchev–Trinajstić information content (AvgIpc) is 2.80. The minimum absolute atomic E-state index is 0.0436. The number of nitrogens with one attached hydrogen (secondary N) is 3. The van der Waals surface area contributed by atoms with Gasteiger partial charge >= 0.3 is 6.09 Å². The summed E-state index contributed by atoms with van der Waals surface area (Å²) in [4.78, 5) is 36.2. The smallest absolute Gasteiger partial charge is 0.407 e. The Hall–Kier alpha value is -3.44. The molecule has 2 aromatic carbocycles. The Labute approximate surface area is 210 Å². The van der Waals surface area contributed by atoms with Crippen LogP contribution in [-0.4, -0.2) is 53.9 Å². The number of aliphatic hydroxyl groups excluding tert-OH is 1. The van der Waals surface area contributed by atoms with Gasteiger partial charge in [-0.15, -0.1) is 0 Å². The van der Waals surface area contributed by atoms with Crippen LogP contribution in [0.25, 0.3) is 0 Å². The van der Waals surface area contributed by atoms with Gasteiger partial charge < -0.3 is 30.5 Å². The van der Waals surface area contributed by atoms with E-state index in [9.17, 15) is 23.2 Å². The molecule has 3 fully saturated rings. The molecule has 0 spiro atoms. The van der Waals surface area contributed by atoms with Crippen molar-refractivity contribution in [3.8, 4) is 5.75 Å². The molecule has 0 aromatic heterocycles. The van der Waals surface area contributed by atoms with Crippen molar-refractivity contribution in [1.82, 2.24) is 16.0 Å². The molecule has 3 aliphatic rings. The van der Waals surface area contributed by atoms with Crippen LogP contribution in [-0.2, 0) is 14.3 Å². The van der Waals surface area contributed by atoms with E-state index in [2.05, 4.69) is 16.0 Å². The summed E-state index contributed by atoms with van der Waals surface area (Å²) >= 11 is 5.62. The number of alkyl carbamates (subject to hydrolysis) is 1. The maximum Gasteiger partial charge on any atom is 0.407 e. The first-order valence-corrected chi connectivity index (χ1v) is 11.5. The van der Waals surface area contributed by atoms with Gasteiger partial charge in [0.1, 0.15) is 30.6 Å². The Morgan fingerprint density at radius 1 is 1.00 bits per heavy atom. The molecule has 3 amide bonds. The molecule has 0 heterocycles. The van der Waals surface area contributed by atoms with Gasteiger partial charge in [-0.05, 0) is 49.1 Å². The van der Waals surface area contributed by atoms with Gasteiger partial charge in [0.2, 0.25) is 5.91 Å². The number of amides is 3. The number of benzene rings is 2. The number of carbonyl (C=O) groups is 3. The topological polar surface area (TPSA) is 126 Å². The minimum atomic E-state index is -0.774. The van der Waals surface area contributed by atoms with Crippen molar-refractivity contribution in [2.45, 2.75) is 36.4 Å². The molecular weight excluding hydrogens is 500 g/mol. The maximum absolute atomic E-state index is 13.5. The van der Waals surface area contributed by atoms with Crippen LogP contribution in [0.1, 0.15) is 30.9 Å². The van der Waals surface area contributed by atoms with E-state index < -0.39 is 47.4 Å². The molecule has 192 valence electrons. The van der Waals surface area contributed by atoms with E-state index in [1.54, 1.807) is 0 Å². The molecule has 3 saturated carbocycles. The second-order valence-corrected chi connectivity index (χ2v) is 9.46. The van der Waals surface area contributed by atoms with Gasteiger partial charge in [0, 0.05) is 11.6 Å². The lowest BCUT2D eigenvalue weighted by atomic mass is 9.44. The molecule has 3 aliphatic carbocycles. The Morgan fingerprint density at radius 2 is 1.67 bits per heavy atom. The van der Waals surface area contributed by atoms with E-state index in [0.29, 0.717) is 24.8 Å². The van der Waals surface area contributed by atoms with Gasteiger partial charge in [-0.1, -0.05) is 23.7 Å². The molecule has 2 aromatic rings. The lowest BCUT2D eigenvalue weighted by Crippen LogP contribution is -2.84. The van der Waals surface area contributed by atoms with Crippen molar-refractivity contribution >= 4 is 29.5 Å². The van der Waals surface area contributed by atoms with Crippen molar-refractivity contribution in [2.75, 3.05) is 19.8 Å². The Balaban J connectivity index is 1.20. The summed E-state index contributed by atoms with van der Waals surface area (Å²) in [7, 11) is 0. The second-order valence-electron chi connectivity index (χ2n) is 9.06. The molecule has 1 unspecified atom stereocenters. The minimum Gasteiger partial charge on any atom is -0.484 e. The summed E-state index contributed by atoms with van der Waals surface area (Å²) in [5, 5.41) is 17.1. The number of rotatable bonds is 10.